The number of nitrogens with zero attached hydrogens (tertiary/aromatic N) is 1. The largest absolute Gasteiger partial charge is 0.545 e. The van der Waals surface area contributed by atoms with E-state index in [1.165, 1.54) is 12.1 Å². The first-order valence-corrected chi connectivity index (χ1v) is 5.16. The minimum absolute atomic E-state index is 0.113. The number of carboxylic acids is 1. The maximum absolute atomic E-state index is 10.8. The Morgan fingerprint density at radius 1 is 1.29 bits per heavy atom. The molecular weight excluding hydrogens is 218 g/mol. The molecule has 0 amide bonds. The number of fused-ring (bicyclic) bond motifs is 3. The molecular formula is C13H8NO3-. The average molecular weight is 226 g/mol. The highest BCUT2D eigenvalue weighted by atomic mass is 16.4. The molecule has 0 fully saturated rings. The molecule has 1 aromatic carbocycles. The van der Waals surface area contributed by atoms with E-state index in [4.69, 9.17) is 4.42 Å². The normalized spacial score (nSPS) is 11.1. The molecule has 2 aromatic heterocycles. The van der Waals surface area contributed by atoms with Crippen LogP contribution in [-0.4, -0.2) is 11.0 Å². The standard InChI is InChI=1S/C13H9NO3/c1-7-12-10(4-5-14-7)9-3-2-8(13(15)16)6-11(9)17-12/h2-6H,1H3,(H,15,16)/p-1. The molecule has 0 bridgehead atoms. The Morgan fingerprint density at radius 3 is 2.88 bits per heavy atom. The number of aromatic carboxylic acids is 1. The second kappa shape index (κ2) is 3.31. The van der Waals surface area contributed by atoms with E-state index in [9.17, 15) is 9.90 Å². The molecule has 0 aliphatic rings. The summed E-state index contributed by atoms with van der Waals surface area (Å²) in [5, 5.41) is 12.6. The third-order valence-electron chi connectivity index (χ3n) is 2.80. The quantitative estimate of drug-likeness (QED) is 0.632. The number of furan rings is 1. The van der Waals surface area contributed by atoms with Gasteiger partial charge in [0.05, 0.1) is 11.7 Å². The molecule has 2 heterocycles. The summed E-state index contributed by atoms with van der Waals surface area (Å²) in [5.74, 6) is -1.21. The van der Waals surface area contributed by atoms with Gasteiger partial charge in [0.2, 0.25) is 0 Å². The first-order chi connectivity index (χ1) is 8.16. The molecule has 84 valence electrons. The van der Waals surface area contributed by atoms with Crippen molar-refractivity contribution in [1.82, 2.24) is 4.98 Å². The Labute approximate surface area is 96.5 Å². The van der Waals surface area contributed by atoms with Crippen molar-refractivity contribution in [3.8, 4) is 0 Å². The van der Waals surface area contributed by atoms with Crippen molar-refractivity contribution in [2.45, 2.75) is 6.92 Å². The SMILES string of the molecule is Cc1nccc2c1oc1cc(C(=O)[O-])ccc12. The Morgan fingerprint density at radius 2 is 2.12 bits per heavy atom. The fourth-order valence-electron chi connectivity index (χ4n) is 1.96. The van der Waals surface area contributed by atoms with Gasteiger partial charge in [0.1, 0.15) is 5.58 Å². The fraction of sp³-hybridized carbons (Fsp3) is 0.0769. The maximum atomic E-state index is 10.8. The Bertz CT molecular complexity index is 743. The highest BCUT2D eigenvalue weighted by Gasteiger charge is 2.09. The molecule has 4 heteroatoms. The number of hydrogen-bond donors (Lipinski definition) is 0. The summed E-state index contributed by atoms with van der Waals surface area (Å²) in [4.78, 5) is 14.9. The monoisotopic (exact) mass is 226 g/mol. The number of benzene rings is 1. The van der Waals surface area contributed by atoms with Gasteiger partial charge in [0, 0.05) is 22.5 Å². The van der Waals surface area contributed by atoms with Crippen molar-refractivity contribution >= 4 is 27.9 Å². The van der Waals surface area contributed by atoms with Crippen LogP contribution in [0.4, 0.5) is 0 Å². The number of aromatic nitrogens is 1. The predicted octanol–water partition coefficient (Wildman–Crippen LogP) is 1.65. The molecule has 3 aromatic rings. The molecule has 4 nitrogen and oxygen atoms in total. The minimum atomic E-state index is -1.21. The van der Waals surface area contributed by atoms with Gasteiger partial charge in [-0.2, -0.15) is 0 Å². The van der Waals surface area contributed by atoms with E-state index in [0.29, 0.717) is 11.2 Å². The van der Waals surface area contributed by atoms with Gasteiger partial charge in [-0.3, -0.25) is 4.98 Å². The molecule has 0 saturated heterocycles. The second-order valence-electron chi connectivity index (χ2n) is 3.87. The lowest BCUT2D eigenvalue weighted by molar-refractivity contribution is -0.255. The number of hydrogen-bond acceptors (Lipinski definition) is 4. The highest BCUT2D eigenvalue weighted by molar-refractivity contribution is 6.06. The van der Waals surface area contributed by atoms with Crippen LogP contribution in [-0.2, 0) is 0 Å². The Kier molecular flexibility index (Phi) is 1.92. The molecule has 0 unspecified atom stereocenters. The van der Waals surface area contributed by atoms with Crippen LogP contribution in [0.25, 0.3) is 21.9 Å². The highest BCUT2D eigenvalue weighted by Crippen LogP contribution is 2.30. The Hall–Kier alpha value is -2.36. The summed E-state index contributed by atoms with van der Waals surface area (Å²) in [7, 11) is 0. The topological polar surface area (TPSA) is 66.2 Å². The van der Waals surface area contributed by atoms with E-state index in [0.717, 1.165) is 16.5 Å². The summed E-state index contributed by atoms with van der Waals surface area (Å²) in [6, 6.07) is 6.57. The molecule has 17 heavy (non-hydrogen) atoms. The molecule has 0 aliphatic heterocycles. The minimum Gasteiger partial charge on any atom is -0.545 e. The van der Waals surface area contributed by atoms with Crippen LogP contribution in [0.2, 0.25) is 0 Å². The average Bonchev–Trinajstić information content (AvgIpc) is 2.68. The van der Waals surface area contributed by atoms with Crippen LogP contribution in [0, 0.1) is 6.92 Å². The molecule has 0 spiro atoms. The Balaban J connectivity index is 2.43. The van der Waals surface area contributed by atoms with E-state index < -0.39 is 5.97 Å². The molecule has 0 radical (unpaired) electrons. The van der Waals surface area contributed by atoms with Crippen molar-refractivity contribution in [1.29, 1.82) is 0 Å². The van der Waals surface area contributed by atoms with Gasteiger partial charge in [0.25, 0.3) is 0 Å². The number of pyridine rings is 1. The van der Waals surface area contributed by atoms with Crippen molar-refractivity contribution < 1.29 is 14.3 Å². The molecule has 0 aliphatic carbocycles. The third kappa shape index (κ3) is 1.38. The van der Waals surface area contributed by atoms with E-state index >= 15 is 0 Å². The van der Waals surface area contributed by atoms with Gasteiger partial charge >= 0.3 is 0 Å². The second-order valence-corrected chi connectivity index (χ2v) is 3.87. The lowest BCUT2D eigenvalue weighted by Gasteiger charge is -2.00. The lowest BCUT2D eigenvalue weighted by Crippen LogP contribution is -2.21. The van der Waals surface area contributed by atoms with Crippen LogP contribution in [0.1, 0.15) is 16.1 Å². The van der Waals surface area contributed by atoms with Crippen LogP contribution >= 0.6 is 0 Å². The lowest BCUT2D eigenvalue weighted by atomic mass is 10.1. The molecule has 0 atom stereocenters. The molecule has 0 N–H and O–H groups in total. The van der Waals surface area contributed by atoms with Gasteiger partial charge in [-0.1, -0.05) is 6.07 Å². The van der Waals surface area contributed by atoms with Crippen molar-refractivity contribution in [3.05, 3.63) is 41.7 Å². The van der Waals surface area contributed by atoms with Gasteiger partial charge in [0.15, 0.2) is 5.58 Å². The zero-order valence-electron chi connectivity index (χ0n) is 9.06. The van der Waals surface area contributed by atoms with Gasteiger partial charge < -0.3 is 14.3 Å². The van der Waals surface area contributed by atoms with Crippen LogP contribution in [0.3, 0.4) is 0 Å². The first kappa shape index (κ1) is 9.84. The number of rotatable bonds is 1. The summed E-state index contributed by atoms with van der Waals surface area (Å²) < 4.78 is 5.62. The van der Waals surface area contributed by atoms with Crippen LogP contribution in [0.15, 0.2) is 34.9 Å². The summed E-state index contributed by atoms with van der Waals surface area (Å²) >= 11 is 0. The van der Waals surface area contributed by atoms with Gasteiger partial charge in [-0.15, -0.1) is 0 Å². The first-order valence-electron chi connectivity index (χ1n) is 5.16. The zero-order chi connectivity index (χ0) is 12.0. The van der Waals surface area contributed by atoms with Crippen LogP contribution < -0.4 is 5.11 Å². The van der Waals surface area contributed by atoms with Gasteiger partial charge in [-0.05, 0) is 25.1 Å². The number of aryl methyl sites for hydroxylation is 1. The van der Waals surface area contributed by atoms with Crippen molar-refractivity contribution in [3.63, 3.8) is 0 Å². The van der Waals surface area contributed by atoms with Crippen LogP contribution in [0.5, 0.6) is 0 Å². The summed E-state index contributed by atoms with van der Waals surface area (Å²) in [6.07, 6.45) is 1.71. The summed E-state index contributed by atoms with van der Waals surface area (Å²) in [6.45, 7) is 1.85. The predicted molar refractivity (Wildman–Crippen MR) is 60.6 cm³/mol. The zero-order valence-corrected chi connectivity index (χ0v) is 9.06. The molecule has 0 saturated carbocycles. The fourth-order valence-corrected chi connectivity index (χ4v) is 1.96. The van der Waals surface area contributed by atoms with Crippen molar-refractivity contribution in [2.75, 3.05) is 0 Å². The number of carbonyl (C=O) groups excluding carboxylic acids is 1. The molecule has 3 rings (SSSR count). The summed E-state index contributed by atoms with van der Waals surface area (Å²) in [5.41, 5.74) is 2.13. The third-order valence-corrected chi connectivity index (χ3v) is 2.80. The maximum Gasteiger partial charge on any atom is 0.156 e. The van der Waals surface area contributed by atoms with Gasteiger partial charge in [-0.25, -0.2) is 0 Å². The number of carboxylic acid groups (broad SMARTS) is 1. The smallest absolute Gasteiger partial charge is 0.156 e. The number of carbonyl (C=O) groups is 1. The van der Waals surface area contributed by atoms with E-state index in [1.807, 2.05) is 13.0 Å². The van der Waals surface area contributed by atoms with Crippen molar-refractivity contribution in [2.24, 2.45) is 0 Å². The van der Waals surface area contributed by atoms with E-state index in [2.05, 4.69) is 4.98 Å². The van der Waals surface area contributed by atoms with E-state index in [-0.39, 0.29) is 5.56 Å². The van der Waals surface area contributed by atoms with E-state index in [1.54, 1.807) is 12.3 Å².